The first-order chi connectivity index (χ1) is 18.7. The van der Waals surface area contributed by atoms with Crippen LogP contribution >= 0.6 is 11.8 Å². The van der Waals surface area contributed by atoms with E-state index in [4.69, 9.17) is 4.74 Å². The maximum absolute atomic E-state index is 13.3. The minimum Gasteiger partial charge on any atom is -0.444 e. The average Bonchev–Trinajstić information content (AvgIpc) is 3.36. The molecule has 202 valence electrons. The van der Waals surface area contributed by atoms with Gasteiger partial charge in [0.2, 0.25) is 0 Å². The fourth-order valence-corrected chi connectivity index (χ4v) is 4.88. The van der Waals surface area contributed by atoms with E-state index in [0.29, 0.717) is 43.2 Å². The number of hydrogen-bond acceptors (Lipinski definition) is 7. The molecule has 10 heteroatoms. The summed E-state index contributed by atoms with van der Waals surface area (Å²) >= 11 is 1.68. The molecule has 5 rings (SSSR count). The Morgan fingerprint density at radius 1 is 0.974 bits per heavy atom. The van der Waals surface area contributed by atoms with Crippen LogP contribution in [0.2, 0.25) is 0 Å². The van der Waals surface area contributed by atoms with Gasteiger partial charge in [-0.15, -0.1) is 11.8 Å². The largest absolute Gasteiger partial charge is 0.444 e. The molecule has 0 spiro atoms. The van der Waals surface area contributed by atoms with Gasteiger partial charge in [-0.1, -0.05) is 24.3 Å². The number of amides is 2. The fraction of sp³-hybridized carbons (Fsp3) is 0.310. The third-order valence-electron chi connectivity index (χ3n) is 6.43. The van der Waals surface area contributed by atoms with Crippen molar-refractivity contribution < 1.29 is 14.3 Å². The molecule has 0 aliphatic carbocycles. The quantitative estimate of drug-likeness (QED) is 0.335. The van der Waals surface area contributed by atoms with Crippen LogP contribution in [-0.4, -0.2) is 69.5 Å². The molecule has 0 unspecified atom stereocenters. The van der Waals surface area contributed by atoms with Gasteiger partial charge in [-0.25, -0.2) is 14.3 Å². The molecule has 2 aromatic heterocycles. The number of aromatic nitrogens is 3. The van der Waals surface area contributed by atoms with Crippen molar-refractivity contribution in [2.24, 2.45) is 0 Å². The van der Waals surface area contributed by atoms with Crippen molar-refractivity contribution in [3.63, 3.8) is 0 Å². The molecule has 0 saturated carbocycles. The van der Waals surface area contributed by atoms with E-state index in [1.165, 1.54) is 4.90 Å². The van der Waals surface area contributed by atoms with Crippen molar-refractivity contribution >= 4 is 40.8 Å². The van der Waals surface area contributed by atoms with E-state index in [0.717, 1.165) is 16.8 Å². The van der Waals surface area contributed by atoms with Gasteiger partial charge in [-0.3, -0.25) is 4.79 Å². The lowest BCUT2D eigenvalue weighted by Gasteiger charge is -2.37. The third kappa shape index (κ3) is 6.01. The molecule has 1 aliphatic rings. The van der Waals surface area contributed by atoms with E-state index in [9.17, 15) is 9.59 Å². The van der Waals surface area contributed by atoms with Crippen LogP contribution in [0.25, 0.3) is 16.8 Å². The van der Waals surface area contributed by atoms with Gasteiger partial charge in [0.05, 0.1) is 17.6 Å². The highest BCUT2D eigenvalue weighted by Gasteiger charge is 2.27. The van der Waals surface area contributed by atoms with Crippen LogP contribution in [0.4, 0.5) is 16.2 Å². The fourth-order valence-electron chi connectivity index (χ4n) is 4.47. The zero-order valence-electron chi connectivity index (χ0n) is 22.5. The van der Waals surface area contributed by atoms with Gasteiger partial charge in [-0.2, -0.15) is 5.10 Å². The van der Waals surface area contributed by atoms with Gasteiger partial charge >= 0.3 is 6.09 Å². The molecule has 3 heterocycles. The molecule has 2 aromatic carbocycles. The Morgan fingerprint density at radius 3 is 2.38 bits per heavy atom. The van der Waals surface area contributed by atoms with Gasteiger partial charge in [0.25, 0.3) is 5.91 Å². The van der Waals surface area contributed by atoms with Crippen LogP contribution in [0.3, 0.4) is 0 Å². The monoisotopic (exact) mass is 544 g/mol. The van der Waals surface area contributed by atoms with Crippen LogP contribution in [0.5, 0.6) is 0 Å². The van der Waals surface area contributed by atoms with Crippen LogP contribution in [0.1, 0.15) is 31.3 Å². The second kappa shape index (κ2) is 11.0. The van der Waals surface area contributed by atoms with Crippen LogP contribution < -0.4 is 10.2 Å². The number of nitrogens with zero attached hydrogens (tertiary/aromatic N) is 5. The molecular weight excluding hydrogens is 512 g/mol. The maximum Gasteiger partial charge on any atom is 0.410 e. The summed E-state index contributed by atoms with van der Waals surface area (Å²) in [6.07, 6.45) is 5.26. The lowest BCUT2D eigenvalue weighted by atomic mass is 10.1. The van der Waals surface area contributed by atoms with Crippen molar-refractivity contribution in [3.8, 4) is 11.1 Å². The van der Waals surface area contributed by atoms with Crippen molar-refractivity contribution in [2.75, 3.05) is 42.7 Å². The summed E-state index contributed by atoms with van der Waals surface area (Å²) in [5.41, 5.74) is 3.83. The number of ether oxygens (including phenoxy) is 1. The number of rotatable bonds is 5. The number of piperazine rings is 1. The zero-order chi connectivity index (χ0) is 27.6. The topological polar surface area (TPSA) is 92.1 Å². The van der Waals surface area contributed by atoms with E-state index in [2.05, 4.69) is 32.4 Å². The number of carbonyl (C=O) groups is 2. The highest BCUT2D eigenvalue weighted by molar-refractivity contribution is 7.98. The molecule has 4 aromatic rings. The Labute approximate surface area is 232 Å². The molecule has 0 radical (unpaired) electrons. The van der Waals surface area contributed by atoms with Crippen LogP contribution in [0.15, 0.2) is 71.9 Å². The standard InChI is InChI=1S/C29H32N6O3S/c1-29(2,3)38-28(37)34-17-15-33(16-18-34)25-8-6-5-7-23(25)32-27(36)24-13-14-35-26(31-24)22(19-30-35)20-9-11-21(39-4)12-10-20/h5-14,19H,15-18H2,1-4H3,(H,32,36). The van der Waals surface area contributed by atoms with Crippen LogP contribution in [0, 0.1) is 0 Å². The van der Waals surface area contributed by atoms with E-state index in [-0.39, 0.29) is 12.0 Å². The summed E-state index contributed by atoms with van der Waals surface area (Å²) < 4.78 is 7.19. The molecule has 0 atom stereocenters. The highest BCUT2D eigenvalue weighted by atomic mass is 32.2. The normalized spacial score (nSPS) is 13.9. The number of thioether (sulfide) groups is 1. The third-order valence-corrected chi connectivity index (χ3v) is 7.17. The Bertz CT molecular complexity index is 1490. The van der Waals surface area contributed by atoms with E-state index >= 15 is 0 Å². The second-order valence-corrected chi connectivity index (χ2v) is 11.2. The number of carbonyl (C=O) groups excluding carboxylic acids is 2. The number of fused-ring (bicyclic) bond motifs is 1. The first-order valence-electron chi connectivity index (χ1n) is 12.8. The minimum absolute atomic E-state index is 0.300. The summed E-state index contributed by atoms with van der Waals surface area (Å²) in [6, 6.07) is 17.5. The SMILES string of the molecule is CSc1ccc(-c2cnn3ccc(C(=O)Nc4ccccc4N4CCN(C(=O)OC(C)(C)C)CC4)nc23)cc1. The summed E-state index contributed by atoms with van der Waals surface area (Å²) in [5.74, 6) is -0.303. The Morgan fingerprint density at radius 2 is 1.69 bits per heavy atom. The summed E-state index contributed by atoms with van der Waals surface area (Å²) in [4.78, 5) is 35.5. The Balaban J connectivity index is 1.31. The zero-order valence-corrected chi connectivity index (χ0v) is 23.4. The lowest BCUT2D eigenvalue weighted by molar-refractivity contribution is 0.0240. The number of benzene rings is 2. The molecule has 2 amide bonds. The van der Waals surface area contributed by atoms with E-state index in [1.54, 1.807) is 39.6 Å². The van der Waals surface area contributed by atoms with Crippen molar-refractivity contribution in [2.45, 2.75) is 31.3 Å². The van der Waals surface area contributed by atoms with Gasteiger partial charge < -0.3 is 19.9 Å². The molecule has 1 fully saturated rings. The van der Waals surface area contributed by atoms with Gasteiger partial charge in [0.1, 0.15) is 11.3 Å². The van der Waals surface area contributed by atoms with E-state index < -0.39 is 5.60 Å². The lowest BCUT2D eigenvalue weighted by Crippen LogP contribution is -2.50. The summed E-state index contributed by atoms with van der Waals surface area (Å²) in [6.45, 7) is 7.93. The average molecular weight is 545 g/mol. The van der Waals surface area contributed by atoms with Gasteiger partial charge in [-0.05, 0) is 62.9 Å². The minimum atomic E-state index is -0.529. The molecule has 1 saturated heterocycles. The predicted octanol–water partition coefficient (Wildman–Crippen LogP) is 5.43. The molecule has 1 N–H and O–H groups in total. The number of anilines is 2. The van der Waals surface area contributed by atoms with Crippen molar-refractivity contribution in [1.29, 1.82) is 0 Å². The molecule has 9 nitrogen and oxygen atoms in total. The number of para-hydroxylation sites is 2. The van der Waals surface area contributed by atoms with Gasteiger partial charge in [0, 0.05) is 42.8 Å². The van der Waals surface area contributed by atoms with Gasteiger partial charge in [0.15, 0.2) is 5.65 Å². The number of hydrogen-bond donors (Lipinski definition) is 1. The summed E-state index contributed by atoms with van der Waals surface area (Å²) in [5, 5.41) is 7.45. The van der Waals surface area contributed by atoms with E-state index in [1.807, 2.05) is 63.4 Å². The Kier molecular flexibility index (Phi) is 7.47. The van der Waals surface area contributed by atoms with Crippen molar-refractivity contribution in [3.05, 3.63) is 72.7 Å². The predicted molar refractivity (Wildman–Crippen MR) is 155 cm³/mol. The maximum atomic E-state index is 13.3. The Hall–Kier alpha value is -4.05. The number of nitrogens with one attached hydrogen (secondary N) is 1. The van der Waals surface area contributed by atoms with Crippen molar-refractivity contribution in [1.82, 2.24) is 19.5 Å². The molecule has 39 heavy (non-hydrogen) atoms. The highest BCUT2D eigenvalue weighted by Crippen LogP contribution is 2.29. The smallest absolute Gasteiger partial charge is 0.410 e. The molecular formula is C29H32N6O3S. The first-order valence-corrected chi connectivity index (χ1v) is 14.1. The summed E-state index contributed by atoms with van der Waals surface area (Å²) in [7, 11) is 0. The molecule has 1 aliphatic heterocycles. The van der Waals surface area contributed by atoms with Crippen LogP contribution in [-0.2, 0) is 4.74 Å². The molecule has 0 bridgehead atoms. The first kappa shape index (κ1) is 26.6. The second-order valence-electron chi connectivity index (χ2n) is 10.3.